The van der Waals surface area contributed by atoms with Gasteiger partial charge in [0.1, 0.15) is 0 Å². The highest BCUT2D eigenvalue weighted by Gasteiger charge is 2.22. The monoisotopic (exact) mass is 654 g/mol. The lowest BCUT2D eigenvalue weighted by Gasteiger charge is -2.15. The van der Waals surface area contributed by atoms with Gasteiger partial charge < -0.3 is 4.57 Å². The van der Waals surface area contributed by atoms with Crippen LogP contribution >= 0.6 is 11.3 Å². The van der Waals surface area contributed by atoms with Crippen molar-refractivity contribution in [3.63, 3.8) is 0 Å². The van der Waals surface area contributed by atoms with Crippen LogP contribution < -0.4 is 0 Å². The van der Waals surface area contributed by atoms with Gasteiger partial charge in [-0.05, 0) is 46.5 Å². The van der Waals surface area contributed by atoms with Crippen LogP contribution in [0.2, 0.25) is 0 Å². The number of hydrogen-bond acceptors (Lipinski definition) is 4. The lowest BCUT2D eigenvalue weighted by atomic mass is 10.00. The summed E-state index contributed by atoms with van der Waals surface area (Å²) >= 11 is 1.88. The summed E-state index contributed by atoms with van der Waals surface area (Å²) in [5.41, 5.74) is 6.43. The molecule has 0 fully saturated rings. The van der Waals surface area contributed by atoms with E-state index in [4.69, 9.17) is 15.0 Å². The first-order chi connectivity index (χ1) is 24.8. The molecule has 0 saturated carbocycles. The highest BCUT2D eigenvalue weighted by molar-refractivity contribution is 7.24. The fourth-order valence-corrected chi connectivity index (χ4v) is 9.01. The number of aromatic nitrogens is 4. The van der Waals surface area contributed by atoms with Gasteiger partial charge in [-0.2, -0.15) is 0 Å². The minimum absolute atomic E-state index is 0.653. The second-order valence-corrected chi connectivity index (χ2v) is 13.9. The predicted molar refractivity (Wildman–Crippen MR) is 210 cm³/mol. The molecule has 4 nitrogen and oxygen atoms in total. The lowest BCUT2D eigenvalue weighted by Crippen LogP contribution is -2.01. The molecule has 0 aliphatic rings. The van der Waals surface area contributed by atoms with Crippen molar-refractivity contribution in [2.24, 2.45) is 0 Å². The Kier molecular flexibility index (Phi) is 5.80. The Morgan fingerprint density at radius 3 is 1.50 bits per heavy atom. The molecular formula is C45H26N4S. The van der Waals surface area contributed by atoms with Crippen molar-refractivity contribution in [2.45, 2.75) is 0 Å². The smallest absolute Gasteiger partial charge is 0.164 e. The van der Waals surface area contributed by atoms with Gasteiger partial charge in [0.25, 0.3) is 0 Å². The van der Waals surface area contributed by atoms with Crippen LogP contribution in [0.3, 0.4) is 0 Å². The van der Waals surface area contributed by atoms with E-state index in [1.165, 1.54) is 52.8 Å². The number of fused-ring (bicyclic) bond motifs is 1. The first-order valence-corrected chi connectivity index (χ1v) is 17.6. The van der Waals surface area contributed by atoms with Gasteiger partial charge >= 0.3 is 0 Å². The van der Waals surface area contributed by atoms with Crippen molar-refractivity contribution in [2.75, 3.05) is 0 Å². The Morgan fingerprint density at radius 1 is 0.380 bits per heavy atom. The highest BCUT2D eigenvalue weighted by Crippen LogP contribution is 2.47. The summed E-state index contributed by atoms with van der Waals surface area (Å²) in [6, 6.07) is 56.0. The third-order valence-electron chi connectivity index (χ3n) is 10.0. The van der Waals surface area contributed by atoms with E-state index in [1.54, 1.807) is 0 Å². The molecule has 0 unspecified atom stereocenters. The Morgan fingerprint density at radius 2 is 0.900 bits per heavy atom. The summed E-state index contributed by atoms with van der Waals surface area (Å²) in [4.78, 5) is 15.1. The van der Waals surface area contributed by atoms with Crippen LogP contribution in [0, 0.1) is 0 Å². The maximum Gasteiger partial charge on any atom is 0.164 e. The zero-order valence-electron chi connectivity index (χ0n) is 26.7. The second kappa shape index (κ2) is 10.5. The van der Waals surface area contributed by atoms with Crippen LogP contribution in [0.1, 0.15) is 0 Å². The fourth-order valence-electron chi connectivity index (χ4n) is 7.84. The van der Waals surface area contributed by atoms with E-state index >= 15 is 0 Å². The molecule has 0 aliphatic carbocycles. The van der Waals surface area contributed by atoms with Crippen molar-refractivity contribution in [3.8, 4) is 39.9 Å². The van der Waals surface area contributed by atoms with Crippen LogP contribution in [0.4, 0.5) is 0 Å². The van der Waals surface area contributed by atoms with Gasteiger partial charge in [0, 0.05) is 53.0 Å². The van der Waals surface area contributed by atoms with E-state index in [0.29, 0.717) is 17.5 Å². The molecule has 0 amide bonds. The summed E-state index contributed by atoms with van der Waals surface area (Å²) < 4.78 is 5.07. The van der Waals surface area contributed by atoms with Gasteiger partial charge in [-0.15, -0.1) is 11.3 Å². The zero-order chi connectivity index (χ0) is 32.8. The molecule has 0 saturated heterocycles. The average Bonchev–Trinajstić information content (AvgIpc) is 3.44. The molecule has 3 heterocycles. The molecule has 50 heavy (non-hydrogen) atoms. The second-order valence-electron chi connectivity index (χ2n) is 12.8. The third-order valence-corrected chi connectivity index (χ3v) is 11.1. The van der Waals surface area contributed by atoms with Crippen LogP contribution in [-0.4, -0.2) is 19.5 Å². The molecule has 0 spiro atoms. The lowest BCUT2D eigenvalue weighted by molar-refractivity contribution is 1.08. The summed E-state index contributed by atoms with van der Waals surface area (Å²) in [7, 11) is 0. The van der Waals surface area contributed by atoms with Gasteiger partial charge in [-0.25, -0.2) is 15.0 Å². The van der Waals surface area contributed by atoms with Gasteiger partial charge in [0.15, 0.2) is 17.5 Å². The van der Waals surface area contributed by atoms with E-state index in [-0.39, 0.29) is 0 Å². The standard InChI is InChI=1S/C45H26N4S/c1-3-11-29(12-4-1)43-46-44(30-13-5-2-6-14-30)48-45(47-43)33-19-9-18-32-31(33)17-10-20-34(32)49-35-25-23-27-15-7-21-37-39(27)41(35)42-36(49)26-24-28-16-8-22-38(50-37)40(28)42/h1-26H. The van der Waals surface area contributed by atoms with E-state index in [1.807, 2.05) is 47.7 Å². The summed E-state index contributed by atoms with van der Waals surface area (Å²) in [5.74, 6) is 1.96. The van der Waals surface area contributed by atoms with E-state index in [2.05, 4.69) is 126 Å². The first-order valence-electron chi connectivity index (χ1n) is 16.8. The molecule has 0 aliphatic heterocycles. The molecule has 0 bridgehead atoms. The van der Waals surface area contributed by atoms with Crippen molar-refractivity contribution >= 4 is 74.9 Å². The van der Waals surface area contributed by atoms with Gasteiger partial charge in [-0.1, -0.05) is 127 Å². The molecule has 0 N–H and O–H groups in total. The molecule has 5 heteroatoms. The Balaban J connectivity index is 1.22. The maximum absolute atomic E-state index is 5.09. The number of hydrogen-bond donors (Lipinski definition) is 0. The zero-order valence-corrected chi connectivity index (χ0v) is 27.5. The first kappa shape index (κ1) is 27.5. The largest absolute Gasteiger partial charge is 0.309 e. The summed E-state index contributed by atoms with van der Waals surface area (Å²) in [6.07, 6.45) is 0. The van der Waals surface area contributed by atoms with Crippen molar-refractivity contribution in [1.82, 2.24) is 19.5 Å². The van der Waals surface area contributed by atoms with Crippen LogP contribution in [0.25, 0.3) is 103 Å². The van der Waals surface area contributed by atoms with Crippen molar-refractivity contribution < 1.29 is 0 Å². The van der Waals surface area contributed by atoms with E-state index in [0.717, 1.165) is 33.2 Å². The number of benzene rings is 8. The van der Waals surface area contributed by atoms with Crippen LogP contribution in [0.15, 0.2) is 158 Å². The molecule has 0 radical (unpaired) electrons. The minimum atomic E-state index is 0.653. The quantitative estimate of drug-likeness (QED) is 0.190. The number of nitrogens with zero attached hydrogens (tertiary/aromatic N) is 4. The highest BCUT2D eigenvalue weighted by atomic mass is 32.1. The topological polar surface area (TPSA) is 43.6 Å². The number of rotatable bonds is 4. The SMILES string of the molecule is c1ccc(-c2nc(-c3ccccc3)nc(-c3cccc4c(-n5c6ccc7cccc8sc9cccc%10ccc5c(c%109)c6c78)cccc34)n2)cc1. The Hall–Kier alpha value is -6.43. The van der Waals surface area contributed by atoms with Crippen LogP contribution in [0.5, 0.6) is 0 Å². The molecule has 232 valence electrons. The third kappa shape index (κ3) is 3.95. The average molecular weight is 655 g/mol. The fraction of sp³-hybridized carbons (Fsp3) is 0. The minimum Gasteiger partial charge on any atom is -0.309 e. The van der Waals surface area contributed by atoms with Crippen LogP contribution in [-0.2, 0) is 0 Å². The van der Waals surface area contributed by atoms with Gasteiger partial charge in [-0.3, -0.25) is 0 Å². The molecule has 11 rings (SSSR count). The molecule has 0 atom stereocenters. The Labute approximate surface area is 290 Å². The van der Waals surface area contributed by atoms with E-state index in [9.17, 15) is 0 Å². The molecule has 11 aromatic rings. The summed E-state index contributed by atoms with van der Waals surface area (Å²) in [6.45, 7) is 0. The van der Waals surface area contributed by atoms with Gasteiger partial charge in [0.2, 0.25) is 0 Å². The van der Waals surface area contributed by atoms with E-state index < -0.39 is 0 Å². The van der Waals surface area contributed by atoms with Crippen molar-refractivity contribution in [1.29, 1.82) is 0 Å². The van der Waals surface area contributed by atoms with Crippen molar-refractivity contribution in [3.05, 3.63) is 158 Å². The predicted octanol–water partition coefficient (Wildman–Crippen LogP) is 12.1. The molecular weight excluding hydrogens is 629 g/mol. The van der Waals surface area contributed by atoms with Gasteiger partial charge in [0.05, 0.1) is 16.7 Å². The normalized spacial score (nSPS) is 12.0. The summed E-state index contributed by atoms with van der Waals surface area (Å²) in [5, 5.41) is 10.1. The Bertz CT molecular complexity index is 2930. The maximum atomic E-state index is 5.09. The molecule has 3 aromatic heterocycles. The molecule has 8 aromatic carbocycles.